The van der Waals surface area contributed by atoms with Gasteiger partial charge in [0.15, 0.2) is 11.5 Å². The standard InChI is InChI=1S/C13H20O3/c1-3-11-6-7-12(13(10-11)15-2)16-9-5-4-8-14/h6-7,10,14H,3-5,8-9H2,1-2H3. The second kappa shape index (κ2) is 7.12. The molecule has 0 fully saturated rings. The fraction of sp³-hybridized carbons (Fsp3) is 0.538. The van der Waals surface area contributed by atoms with E-state index in [1.165, 1.54) is 5.56 Å². The summed E-state index contributed by atoms with van der Waals surface area (Å²) in [6.07, 6.45) is 2.62. The van der Waals surface area contributed by atoms with E-state index in [1.54, 1.807) is 7.11 Å². The van der Waals surface area contributed by atoms with Crippen molar-refractivity contribution in [2.45, 2.75) is 26.2 Å². The van der Waals surface area contributed by atoms with Crippen molar-refractivity contribution in [2.24, 2.45) is 0 Å². The lowest BCUT2D eigenvalue weighted by atomic mass is 10.1. The van der Waals surface area contributed by atoms with Gasteiger partial charge in [-0.1, -0.05) is 13.0 Å². The van der Waals surface area contributed by atoms with E-state index in [-0.39, 0.29) is 6.61 Å². The summed E-state index contributed by atoms with van der Waals surface area (Å²) < 4.78 is 10.9. The van der Waals surface area contributed by atoms with Crippen molar-refractivity contribution in [1.29, 1.82) is 0 Å². The third kappa shape index (κ3) is 3.74. The summed E-state index contributed by atoms with van der Waals surface area (Å²) in [6, 6.07) is 5.99. The van der Waals surface area contributed by atoms with Gasteiger partial charge in [-0.05, 0) is 37.0 Å². The monoisotopic (exact) mass is 224 g/mol. The van der Waals surface area contributed by atoms with Gasteiger partial charge in [-0.3, -0.25) is 0 Å². The van der Waals surface area contributed by atoms with Crippen LogP contribution in [0.5, 0.6) is 11.5 Å². The molecule has 0 atom stereocenters. The Labute approximate surface area is 97.0 Å². The summed E-state index contributed by atoms with van der Waals surface area (Å²) >= 11 is 0. The van der Waals surface area contributed by atoms with E-state index in [4.69, 9.17) is 14.6 Å². The molecule has 0 aromatic heterocycles. The quantitative estimate of drug-likeness (QED) is 0.723. The lowest BCUT2D eigenvalue weighted by Gasteiger charge is -2.11. The maximum atomic E-state index is 8.65. The first kappa shape index (κ1) is 12.8. The van der Waals surface area contributed by atoms with Crippen LogP contribution in [0, 0.1) is 0 Å². The molecule has 90 valence electrons. The highest BCUT2D eigenvalue weighted by Crippen LogP contribution is 2.28. The summed E-state index contributed by atoms with van der Waals surface area (Å²) in [7, 11) is 1.65. The van der Waals surface area contributed by atoms with Gasteiger partial charge in [-0.2, -0.15) is 0 Å². The van der Waals surface area contributed by atoms with Crippen LogP contribution in [0.4, 0.5) is 0 Å². The van der Waals surface area contributed by atoms with Crippen LogP contribution in [0.2, 0.25) is 0 Å². The van der Waals surface area contributed by atoms with E-state index in [1.807, 2.05) is 18.2 Å². The van der Waals surface area contributed by atoms with Crippen molar-refractivity contribution in [3.05, 3.63) is 23.8 Å². The molecule has 3 nitrogen and oxygen atoms in total. The molecule has 0 saturated heterocycles. The number of aliphatic hydroxyl groups excluding tert-OH is 1. The zero-order valence-corrected chi connectivity index (χ0v) is 10.0. The number of hydrogen-bond donors (Lipinski definition) is 1. The van der Waals surface area contributed by atoms with Crippen molar-refractivity contribution < 1.29 is 14.6 Å². The SMILES string of the molecule is CCc1ccc(OCCCCO)c(OC)c1. The molecule has 3 heteroatoms. The number of benzene rings is 1. The summed E-state index contributed by atoms with van der Waals surface area (Å²) in [5.41, 5.74) is 1.24. The number of rotatable bonds is 7. The summed E-state index contributed by atoms with van der Waals surface area (Å²) in [5.74, 6) is 1.56. The van der Waals surface area contributed by atoms with Gasteiger partial charge in [0.05, 0.1) is 13.7 Å². The normalized spacial score (nSPS) is 10.2. The lowest BCUT2D eigenvalue weighted by molar-refractivity contribution is 0.247. The van der Waals surface area contributed by atoms with Crippen LogP contribution in [-0.4, -0.2) is 25.4 Å². The maximum Gasteiger partial charge on any atom is 0.161 e. The molecule has 1 aromatic rings. The van der Waals surface area contributed by atoms with Gasteiger partial charge in [0, 0.05) is 6.61 Å². The van der Waals surface area contributed by atoms with Crippen LogP contribution in [0.3, 0.4) is 0 Å². The molecule has 0 spiro atoms. The summed E-state index contributed by atoms with van der Waals surface area (Å²) in [5, 5.41) is 8.65. The summed E-state index contributed by atoms with van der Waals surface area (Å²) in [4.78, 5) is 0. The zero-order chi connectivity index (χ0) is 11.8. The van der Waals surface area contributed by atoms with Gasteiger partial charge in [-0.15, -0.1) is 0 Å². The highest BCUT2D eigenvalue weighted by molar-refractivity contribution is 5.42. The Morgan fingerprint density at radius 1 is 1.19 bits per heavy atom. The first-order valence-electron chi connectivity index (χ1n) is 5.72. The molecule has 0 aliphatic heterocycles. The van der Waals surface area contributed by atoms with Crippen molar-refractivity contribution in [2.75, 3.05) is 20.3 Å². The minimum Gasteiger partial charge on any atom is -0.493 e. The molecule has 0 unspecified atom stereocenters. The molecular weight excluding hydrogens is 204 g/mol. The topological polar surface area (TPSA) is 38.7 Å². The molecule has 1 N–H and O–H groups in total. The summed E-state index contributed by atoms with van der Waals surface area (Å²) in [6.45, 7) is 2.94. The molecule has 1 rings (SSSR count). The Hall–Kier alpha value is -1.22. The Kier molecular flexibility index (Phi) is 5.72. The third-order valence-electron chi connectivity index (χ3n) is 2.45. The van der Waals surface area contributed by atoms with Crippen LogP contribution in [0.15, 0.2) is 18.2 Å². The Morgan fingerprint density at radius 3 is 2.62 bits per heavy atom. The van der Waals surface area contributed by atoms with Crippen molar-refractivity contribution in [1.82, 2.24) is 0 Å². The highest BCUT2D eigenvalue weighted by atomic mass is 16.5. The number of methoxy groups -OCH3 is 1. The predicted octanol–water partition coefficient (Wildman–Crippen LogP) is 2.41. The lowest BCUT2D eigenvalue weighted by Crippen LogP contribution is -2.00. The largest absolute Gasteiger partial charge is 0.493 e. The molecule has 16 heavy (non-hydrogen) atoms. The molecular formula is C13H20O3. The fourth-order valence-electron chi connectivity index (χ4n) is 1.45. The number of hydrogen-bond acceptors (Lipinski definition) is 3. The van der Waals surface area contributed by atoms with Gasteiger partial charge in [0.25, 0.3) is 0 Å². The zero-order valence-electron chi connectivity index (χ0n) is 10.0. The number of aliphatic hydroxyl groups is 1. The van der Waals surface area contributed by atoms with E-state index >= 15 is 0 Å². The predicted molar refractivity (Wildman–Crippen MR) is 64.2 cm³/mol. The molecule has 1 aromatic carbocycles. The third-order valence-corrected chi connectivity index (χ3v) is 2.45. The first-order chi connectivity index (χ1) is 7.81. The average molecular weight is 224 g/mol. The molecule has 0 radical (unpaired) electrons. The minimum absolute atomic E-state index is 0.218. The number of aryl methyl sites for hydroxylation is 1. The van der Waals surface area contributed by atoms with Crippen LogP contribution in [0.25, 0.3) is 0 Å². The van der Waals surface area contributed by atoms with Gasteiger partial charge < -0.3 is 14.6 Å². The molecule has 0 aliphatic rings. The van der Waals surface area contributed by atoms with E-state index in [0.717, 1.165) is 30.8 Å². The van der Waals surface area contributed by atoms with Gasteiger partial charge in [-0.25, -0.2) is 0 Å². The first-order valence-corrected chi connectivity index (χ1v) is 5.72. The van der Waals surface area contributed by atoms with Crippen LogP contribution >= 0.6 is 0 Å². The molecule has 0 heterocycles. The van der Waals surface area contributed by atoms with Crippen molar-refractivity contribution in [3.8, 4) is 11.5 Å². The number of ether oxygens (including phenoxy) is 2. The van der Waals surface area contributed by atoms with E-state index in [2.05, 4.69) is 6.92 Å². The Balaban J connectivity index is 2.57. The highest BCUT2D eigenvalue weighted by Gasteiger charge is 2.04. The average Bonchev–Trinajstić information content (AvgIpc) is 2.34. The molecule has 0 amide bonds. The minimum atomic E-state index is 0.218. The maximum absolute atomic E-state index is 8.65. The second-order valence-electron chi connectivity index (χ2n) is 3.62. The van der Waals surface area contributed by atoms with E-state index in [9.17, 15) is 0 Å². The van der Waals surface area contributed by atoms with Crippen LogP contribution < -0.4 is 9.47 Å². The smallest absolute Gasteiger partial charge is 0.161 e. The molecule has 0 bridgehead atoms. The van der Waals surface area contributed by atoms with Gasteiger partial charge in [0.2, 0.25) is 0 Å². The molecule has 0 saturated carbocycles. The van der Waals surface area contributed by atoms with Gasteiger partial charge >= 0.3 is 0 Å². The van der Waals surface area contributed by atoms with Crippen LogP contribution in [-0.2, 0) is 6.42 Å². The van der Waals surface area contributed by atoms with Crippen molar-refractivity contribution >= 4 is 0 Å². The van der Waals surface area contributed by atoms with Gasteiger partial charge in [0.1, 0.15) is 0 Å². The van der Waals surface area contributed by atoms with E-state index in [0.29, 0.717) is 6.61 Å². The van der Waals surface area contributed by atoms with E-state index < -0.39 is 0 Å². The molecule has 0 aliphatic carbocycles. The second-order valence-corrected chi connectivity index (χ2v) is 3.62. The number of unbranched alkanes of at least 4 members (excludes halogenated alkanes) is 1. The van der Waals surface area contributed by atoms with Crippen LogP contribution in [0.1, 0.15) is 25.3 Å². The Bertz CT molecular complexity index is 310. The Morgan fingerprint density at radius 2 is 2.00 bits per heavy atom. The fourth-order valence-corrected chi connectivity index (χ4v) is 1.45. The van der Waals surface area contributed by atoms with Crippen molar-refractivity contribution in [3.63, 3.8) is 0 Å².